The number of hydrogen-bond acceptors (Lipinski definition) is 5. The highest BCUT2D eigenvalue weighted by Gasteiger charge is 2.29. The van der Waals surface area contributed by atoms with Gasteiger partial charge in [-0.1, -0.05) is 18.6 Å². The van der Waals surface area contributed by atoms with Crippen molar-refractivity contribution < 1.29 is 22.7 Å². The molecule has 0 saturated carbocycles. The van der Waals surface area contributed by atoms with Gasteiger partial charge in [-0.3, -0.25) is 4.79 Å². The molecule has 2 aromatic carbocycles. The highest BCUT2D eigenvalue weighted by atomic mass is 32.2. The Bertz CT molecular complexity index is 1100. The van der Waals surface area contributed by atoms with E-state index in [1.54, 1.807) is 19.1 Å². The number of urea groups is 1. The van der Waals surface area contributed by atoms with E-state index in [1.165, 1.54) is 16.4 Å². The van der Waals surface area contributed by atoms with Gasteiger partial charge in [-0.15, -0.1) is 0 Å². The van der Waals surface area contributed by atoms with Crippen LogP contribution in [0.25, 0.3) is 0 Å². The van der Waals surface area contributed by atoms with Crippen LogP contribution in [0.4, 0.5) is 16.2 Å². The van der Waals surface area contributed by atoms with Crippen molar-refractivity contribution in [3.63, 3.8) is 0 Å². The number of amides is 3. The second-order valence-electron chi connectivity index (χ2n) is 7.78. The number of anilines is 2. The van der Waals surface area contributed by atoms with E-state index < -0.39 is 22.0 Å². The number of carbonyl (C=O) groups excluding carboxylic acids is 2. The maximum absolute atomic E-state index is 13.2. The monoisotopic (exact) mass is 474 g/mol. The molecule has 0 unspecified atom stereocenters. The molecule has 1 saturated heterocycles. The van der Waals surface area contributed by atoms with Crippen LogP contribution in [0.3, 0.4) is 0 Å². The van der Waals surface area contributed by atoms with E-state index in [0.29, 0.717) is 31.1 Å². The fourth-order valence-electron chi connectivity index (χ4n) is 3.57. The molecule has 3 rings (SSSR count). The predicted octanol–water partition coefficient (Wildman–Crippen LogP) is 3.33. The van der Waals surface area contributed by atoms with Gasteiger partial charge < -0.3 is 20.7 Å². The van der Waals surface area contributed by atoms with Crippen molar-refractivity contribution in [3.05, 3.63) is 48.0 Å². The van der Waals surface area contributed by atoms with Crippen LogP contribution < -0.4 is 20.7 Å². The van der Waals surface area contributed by atoms with Gasteiger partial charge in [0.05, 0.1) is 13.2 Å². The molecule has 0 aromatic heterocycles. The first-order valence-corrected chi connectivity index (χ1v) is 12.4. The molecule has 1 aliphatic rings. The van der Waals surface area contributed by atoms with Crippen LogP contribution in [0, 0.1) is 6.92 Å². The predicted molar refractivity (Wildman–Crippen MR) is 127 cm³/mol. The standard InChI is InChI=1S/C23H30N4O5S/c1-3-32-20-11-10-19(15-21(20)33(30,31)27-12-5-4-6-13-27)25-22(28)16-24-23(29)26-18-9-7-8-17(2)14-18/h7-11,14-15H,3-6,12-13,16H2,1-2H3,(H,25,28)(H2,24,26,29). The van der Waals surface area contributed by atoms with Gasteiger partial charge in [0.25, 0.3) is 0 Å². The number of ether oxygens (including phenoxy) is 1. The lowest BCUT2D eigenvalue weighted by Gasteiger charge is -2.27. The van der Waals surface area contributed by atoms with Crippen molar-refractivity contribution in [2.24, 2.45) is 0 Å². The Morgan fingerprint density at radius 3 is 2.42 bits per heavy atom. The lowest BCUT2D eigenvalue weighted by atomic mass is 10.2. The molecule has 0 spiro atoms. The molecule has 0 radical (unpaired) electrons. The number of aryl methyl sites for hydroxylation is 1. The molecule has 2 aromatic rings. The van der Waals surface area contributed by atoms with Gasteiger partial charge in [0.1, 0.15) is 10.6 Å². The topological polar surface area (TPSA) is 117 Å². The van der Waals surface area contributed by atoms with Crippen molar-refractivity contribution in [3.8, 4) is 5.75 Å². The molecule has 1 aliphatic heterocycles. The Morgan fingerprint density at radius 2 is 1.73 bits per heavy atom. The summed E-state index contributed by atoms with van der Waals surface area (Å²) in [6.45, 7) is 4.65. The number of sulfonamides is 1. The zero-order valence-corrected chi connectivity index (χ0v) is 19.7. The molecule has 9 nitrogen and oxygen atoms in total. The van der Waals surface area contributed by atoms with E-state index in [0.717, 1.165) is 24.8 Å². The summed E-state index contributed by atoms with van der Waals surface area (Å²) in [5.41, 5.74) is 1.92. The maximum Gasteiger partial charge on any atom is 0.319 e. The zero-order chi connectivity index (χ0) is 23.8. The summed E-state index contributed by atoms with van der Waals surface area (Å²) in [7, 11) is -3.76. The van der Waals surface area contributed by atoms with Crippen molar-refractivity contribution in [1.82, 2.24) is 9.62 Å². The molecule has 3 amide bonds. The summed E-state index contributed by atoms with van der Waals surface area (Å²) in [5, 5.41) is 7.78. The van der Waals surface area contributed by atoms with E-state index in [9.17, 15) is 18.0 Å². The minimum atomic E-state index is -3.76. The number of hydrogen-bond donors (Lipinski definition) is 3. The molecular weight excluding hydrogens is 444 g/mol. The maximum atomic E-state index is 13.2. The third kappa shape index (κ3) is 6.69. The first-order chi connectivity index (χ1) is 15.8. The normalized spacial score (nSPS) is 14.4. The van der Waals surface area contributed by atoms with Crippen LogP contribution in [0.15, 0.2) is 47.4 Å². The van der Waals surface area contributed by atoms with Crippen LogP contribution in [-0.2, 0) is 14.8 Å². The average Bonchev–Trinajstić information content (AvgIpc) is 2.79. The third-order valence-electron chi connectivity index (χ3n) is 5.15. The van der Waals surface area contributed by atoms with Gasteiger partial charge in [0.2, 0.25) is 15.9 Å². The van der Waals surface area contributed by atoms with Crippen molar-refractivity contribution in [1.29, 1.82) is 0 Å². The Hall–Kier alpha value is -3.11. The molecule has 3 N–H and O–H groups in total. The smallest absolute Gasteiger partial charge is 0.319 e. The Kier molecular flexibility index (Phi) is 8.29. The number of piperidine rings is 1. The molecule has 0 aliphatic carbocycles. The second kappa shape index (κ2) is 11.2. The highest BCUT2D eigenvalue weighted by Crippen LogP contribution is 2.31. The molecule has 0 bridgehead atoms. The molecule has 1 fully saturated rings. The van der Waals surface area contributed by atoms with Gasteiger partial charge in [-0.2, -0.15) is 4.31 Å². The number of benzene rings is 2. The highest BCUT2D eigenvalue weighted by molar-refractivity contribution is 7.89. The number of nitrogens with one attached hydrogen (secondary N) is 3. The number of nitrogens with zero attached hydrogens (tertiary/aromatic N) is 1. The van der Waals surface area contributed by atoms with Crippen LogP contribution in [-0.4, -0.2) is 50.9 Å². The van der Waals surface area contributed by atoms with Crippen LogP contribution in [0.2, 0.25) is 0 Å². The fourth-order valence-corrected chi connectivity index (χ4v) is 5.24. The molecule has 1 heterocycles. The average molecular weight is 475 g/mol. The SMILES string of the molecule is CCOc1ccc(NC(=O)CNC(=O)Nc2cccc(C)c2)cc1S(=O)(=O)N1CCCCC1. The third-order valence-corrected chi connectivity index (χ3v) is 7.07. The van der Waals surface area contributed by atoms with E-state index in [1.807, 2.05) is 25.1 Å². The van der Waals surface area contributed by atoms with E-state index in [2.05, 4.69) is 16.0 Å². The van der Waals surface area contributed by atoms with E-state index in [4.69, 9.17) is 4.74 Å². The lowest BCUT2D eigenvalue weighted by molar-refractivity contribution is -0.115. The van der Waals surface area contributed by atoms with Gasteiger partial charge in [0.15, 0.2) is 0 Å². The first-order valence-electron chi connectivity index (χ1n) is 11.0. The van der Waals surface area contributed by atoms with Crippen molar-refractivity contribution in [2.75, 3.05) is 36.9 Å². The lowest BCUT2D eigenvalue weighted by Crippen LogP contribution is -2.36. The Labute approximate surface area is 194 Å². The quantitative estimate of drug-likeness (QED) is 0.543. The van der Waals surface area contributed by atoms with Crippen molar-refractivity contribution >= 4 is 33.3 Å². The van der Waals surface area contributed by atoms with E-state index in [-0.39, 0.29) is 17.2 Å². The summed E-state index contributed by atoms with van der Waals surface area (Å²) in [5.74, 6) is -0.239. The van der Waals surface area contributed by atoms with Gasteiger partial charge in [-0.25, -0.2) is 13.2 Å². The van der Waals surface area contributed by atoms with Crippen LogP contribution in [0.1, 0.15) is 31.7 Å². The summed E-state index contributed by atoms with van der Waals surface area (Å²) in [4.78, 5) is 24.4. The van der Waals surface area contributed by atoms with Gasteiger partial charge in [0, 0.05) is 24.5 Å². The summed E-state index contributed by atoms with van der Waals surface area (Å²) in [6.07, 6.45) is 2.64. The second-order valence-corrected chi connectivity index (χ2v) is 9.69. The minimum absolute atomic E-state index is 0.0224. The zero-order valence-electron chi connectivity index (χ0n) is 18.9. The summed E-state index contributed by atoms with van der Waals surface area (Å²) in [6, 6.07) is 11.3. The fraction of sp³-hybridized carbons (Fsp3) is 0.391. The largest absolute Gasteiger partial charge is 0.492 e. The van der Waals surface area contributed by atoms with Crippen LogP contribution >= 0.6 is 0 Å². The summed E-state index contributed by atoms with van der Waals surface area (Å²) >= 11 is 0. The molecule has 0 atom stereocenters. The first kappa shape index (κ1) is 24.5. The van der Waals surface area contributed by atoms with E-state index >= 15 is 0 Å². The Balaban J connectivity index is 1.65. The van der Waals surface area contributed by atoms with Crippen LogP contribution in [0.5, 0.6) is 5.75 Å². The van der Waals surface area contributed by atoms with Crippen molar-refractivity contribution in [2.45, 2.75) is 38.0 Å². The van der Waals surface area contributed by atoms with Gasteiger partial charge in [-0.05, 0) is 62.6 Å². The number of carbonyl (C=O) groups is 2. The molecule has 33 heavy (non-hydrogen) atoms. The molecule has 10 heteroatoms. The minimum Gasteiger partial charge on any atom is -0.492 e. The number of rotatable bonds is 8. The molecular formula is C23H30N4O5S. The summed E-state index contributed by atoms with van der Waals surface area (Å²) < 4.78 is 33.4. The Morgan fingerprint density at radius 1 is 1.00 bits per heavy atom. The van der Waals surface area contributed by atoms with Gasteiger partial charge >= 0.3 is 6.03 Å². The molecule has 178 valence electrons.